The Labute approximate surface area is 214 Å². The van der Waals surface area contributed by atoms with Gasteiger partial charge in [-0.25, -0.2) is 4.79 Å². The van der Waals surface area contributed by atoms with E-state index in [0.717, 1.165) is 34.6 Å². The molecule has 37 heavy (non-hydrogen) atoms. The number of rotatable bonds is 9. The molecule has 1 N–H and O–H groups in total. The third-order valence-corrected chi connectivity index (χ3v) is 6.05. The second kappa shape index (κ2) is 10.7. The first kappa shape index (κ1) is 23.7. The first-order valence-electron chi connectivity index (χ1n) is 11.9. The fourth-order valence-electron chi connectivity index (χ4n) is 4.19. The summed E-state index contributed by atoms with van der Waals surface area (Å²) in [5, 5.41) is 21.8. The predicted octanol–water partition coefficient (Wildman–Crippen LogP) is 6.64. The average Bonchev–Trinajstić information content (AvgIpc) is 3.33. The number of nitriles is 1. The normalized spacial score (nSPS) is 11.4. The summed E-state index contributed by atoms with van der Waals surface area (Å²) in [6, 6.07) is 30.4. The maximum atomic E-state index is 11.8. The zero-order valence-corrected chi connectivity index (χ0v) is 20.0. The van der Waals surface area contributed by atoms with Gasteiger partial charge in [0.05, 0.1) is 18.2 Å². The second-order valence-electron chi connectivity index (χ2n) is 8.59. The number of hydrogen-bond acceptors (Lipinski definition) is 4. The van der Waals surface area contributed by atoms with Crippen LogP contribution in [-0.4, -0.2) is 22.2 Å². The lowest BCUT2D eigenvalue weighted by molar-refractivity contribution is -0.134. The van der Waals surface area contributed by atoms with Gasteiger partial charge in [0.2, 0.25) is 5.76 Å². The van der Waals surface area contributed by atoms with E-state index in [2.05, 4.69) is 10.6 Å². The van der Waals surface area contributed by atoms with Crippen molar-refractivity contribution in [3.8, 4) is 17.6 Å². The SMILES string of the molecule is N#Cc1ccc2c(ccn2CCCOc2ccc(/C=C(\Oc3ccc4ccccc4c3)C(=O)O)cc2)c1. The molecule has 0 aliphatic rings. The molecule has 0 aliphatic heterocycles. The smallest absolute Gasteiger partial charge is 0.371 e. The Balaban J connectivity index is 1.18. The Morgan fingerprint density at radius 2 is 1.68 bits per heavy atom. The van der Waals surface area contributed by atoms with Gasteiger partial charge in [0.1, 0.15) is 11.5 Å². The molecule has 0 spiro atoms. The van der Waals surface area contributed by atoms with Crippen molar-refractivity contribution in [1.29, 1.82) is 5.26 Å². The van der Waals surface area contributed by atoms with E-state index in [0.29, 0.717) is 29.2 Å². The zero-order chi connectivity index (χ0) is 25.6. The number of carboxylic acid groups (broad SMARTS) is 1. The summed E-state index contributed by atoms with van der Waals surface area (Å²) in [6.45, 7) is 1.33. The molecule has 0 aliphatic carbocycles. The van der Waals surface area contributed by atoms with Crippen molar-refractivity contribution in [3.63, 3.8) is 0 Å². The summed E-state index contributed by atoms with van der Waals surface area (Å²) in [7, 11) is 0. The maximum Gasteiger partial charge on any atom is 0.371 e. The highest BCUT2D eigenvalue weighted by Crippen LogP contribution is 2.24. The maximum absolute atomic E-state index is 11.8. The number of carboxylic acids is 1. The number of aromatic nitrogens is 1. The van der Waals surface area contributed by atoms with Crippen molar-refractivity contribution in [3.05, 3.63) is 114 Å². The molecule has 0 saturated carbocycles. The van der Waals surface area contributed by atoms with Gasteiger partial charge in [0.15, 0.2) is 0 Å². The molecular formula is C31H24N2O4. The van der Waals surface area contributed by atoms with Crippen molar-refractivity contribution in [2.75, 3.05) is 6.61 Å². The van der Waals surface area contributed by atoms with E-state index < -0.39 is 5.97 Å². The lowest BCUT2D eigenvalue weighted by atomic mass is 10.1. The fraction of sp³-hybridized carbons (Fsp3) is 0.0968. The Bertz CT molecular complexity index is 1640. The average molecular weight is 489 g/mol. The quantitative estimate of drug-likeness (QED) is 0.143. The van der Waals surface area contributed by atoms with Gasteiger partial charge in [-0.1, -0.05) is 42.5 Å². The van der Waals surface area contributed by atoms with Crippen molar-refractivity contribution in [2.45, 2.75) is 13.0 Å². The molecule has 0 unspecified atom stereocenters. The van der Waals surface area contributed by atoms with Crippen LogP contribution in [0.25, 0.3) is 27.8 Å². The molecule has 0 amide bonds. The zero-order valence-electron chi connectivity index (χ0n) is 20.0. The molecule has 6 nitrogen and oxygen atoms in total. The van der Waals surface area contributed by atoms with Crippen molar-refractivity contribution in [1.82, 2.24) is 4.57 Å². The summed E-state index contributed by atoms with van der Waals surface area (Å²) in [5.41, 5.74) is 2.44. The monoisotopic (exact) mass is 488 g/mol. The molecule has 6 heteroatoms. The Morgan fingerprint density at radius 3 is 2.46 bits per heavy atom. The Hall–Kier alpha value is -5.02. The van der Waals surface area contributed by atoms with Crippen LogP contribution in [0.15, 0.2) is 103 Å². The number of carbonyl (C=O) groups is 1. The molecule has 1 aromatic heterocycles. The highest BCUT2D eigenvalue weighted by Gasteiger charge is 2.11. The first-order valence-corrected chi connectivity index (χ1v) is 11.9. The van der Waals surface area contributed by atoms with Gasteiger partial charge in [0.25, 0.3) is 0 Å². The third kappa shape index (κ3) is 5.63. The van der Waals surface area contributed by atoms with E-state index in [1.807, 2.05) is 79.0 Å². The second-order valence-corrected chi connectivity index (χ2v) is 8.59. The summed E-state index contributed by atoms with van der Waals surface area (Å²) in [6.07, 6.45) is 4.33. The Morgan fingerprint density at radius 1 is 0.892 bits per heavy atom. The van der Waals surface area contributed by atoms with Crippen LogP contribution < -0.4 is 9.47 Å². The summed E-state index contributed by atoms with van der Waals surface area (Å²) < 4.78 is 13.7. The molecular weight excluding hydrogens is 464 g/mol. The fourth-order valence-corrected chi connectivity index (χ4v) is 4.19. The largest absolute Gasteiger partial charge is 0.494 e. The number of fused-ring (bicyclic) bond motifs is 2. The van der Waals surface area contributed by atoms with Crippen LogP contribution in [0.1, 0.15) is 17.5 Å². The van der Waals surface area contributed by atoms with Gasteiger partial charge in [-0.3, -0.25) is 0 Å². The van der Waals surface area contributed by atoms with Gasteiger partial charge in [0, 0.05) is 23.6 Å². The molecule has 5 aromatic rings. The van der Waals surface area contributed by atoms with Gasteiger partial charge in [-0.2, -0.15) is 5.26 Å². The van der Waals surface area contributed by atoms with Crippen LogP contribution in [-0.2, 0) is 11.3 Å². The van der Waals surface area contributed by atoms with Crippen LogP contribution in [0.5, 0.6) is 11.5 Å². The van der Waals surface area contributed by atoms with E-state index in [-0.39, 0.29) is 5.76 Å². The minimum Gasteiger partial charge on any atom is -0.494 e. The van der Waals surface area contributed by atoms with Crippen LogP contribution in [0.4, 0.5) is 0 Å². The standard InChI is InChI=1S/C31H24N2O4/c32-21-23-8-13-29-26(18-23)14-16-33(29)15-3-17-36-27-10-6-22(7-11-27)19-30(31(34)35)37-28-12-9-24-4-1-2-5-25(24)20-28/h1-2,4-14,16,18-20H,3,15,17H2,(H,34,35)/b30-19-. The molecule has 0 fully saturated rings. The predicted molar refractivity (Wildman–Crippen MR) is 143 cm³/mol. The minimum atomic E-state index is -1.14. The molecule has 5 rings (SSSR count). The lowest BCUT2D eigenvalue weighted by Crippen LogP contribution is -2.07. The third-order valence-electron chi connectivity index (χ3n) is 6.05. The topological polar surface area (TPSA) is 84.5 Å². The number of ether oxygens (including phenoxy) is 2. The number of aliphatic carboxylic acids is 1. The van der Waals surface area contributed by atoms with Gasteiger partial charge in [-0.05, 0) is 77.4 Å². The summed E-state index contributed by atoms with van der Waals surface area (Å²) in [5.74, 6) is -0.131. The van der Waals surface area contributed by atoms with E-state index in [4.69, 9.17) is 14.7 Å². The molecule has 0 atom stereocenters. The van der Waals surface area contributed by atoms with Gasteiger partial charge >= 0.3 is 5.97 Å². The molecule has 1 heterocycles. The van der Waals surface area contributed by atoms with Crippen LogP contribution in [0.3, 0.4) is 0 Å². The van der Waals surface area contributed by atoms with E-state index in [9.17, 15) is 9.90 Å². The Kier molecular flexibility index (Phi) is 6.87. The number of aryl methyl sites for hydroxylation is 1. The molecule has 0 bridgehead atoms. The molecule has 0 saturated heterocycles. The number of nitrogens with zero attached hydrogens (tertiary/aromatic N) is 2. The molecule has 0 radical (unpaired) electrons. The summed E-state index contributed by atoms with van der Waals surface area (Å²) in [4.78, 5) is 11.8. The minimum absolute atomic E-state index is 0.162. The first-order chi connectivity index (χ1) is 18.1. The highest BCUT2D eigenvalue weighted by atomic mass is 16.5. The molecule has 182 valence electrons. The van der Waals surface area contributed by atoms with Crippen molar-refractivity contribution in [2.24, 2.45) is 0 Å². The van der Waals surface area contributed by atoms with Crippen LogP contribution in [0.2, 0.25) is 0 Å². The molecule has 4 aromatic carbocycles. The van der Waals surface area contributed by atoms with E-state index in [1.54, 1.807) is 18.2 Å². The van der Waals surface area contributed by atoms with Crippen molar-refractivity contribution < 1.29 is 19.4 Å². The lowest BCUT2D eigenvalue weighted by Gasteiger charge is -2.09. The van der Waals surface area contributed by atoms with Crippen LogP contribution in [0, 0.1) is 11.3 Å². The van der Waals surface area contributed by atoms with Crippen LogP contribution >= 0.6 is 0 Å². The van der Waals surface area contributed by atoms with Crippen molar-refractivity contribution >= 4 is 33.7 Å². The van der Waals surface area contributed by atoms with Gasteiger partial charge in [-0.15, -0.1) is 0 Å². The number of hydrogen-bond donors (Lipinski definition) is 1. The number of benzene rings is 4. The van der Waals surface area contributed by atoms with E-state index in [1.165, 1.54) is 6.08 Å². The van der Waals surface area contributed by atoms with E-state index >= 15 is 0 Å². The summed E-state index contributed by atoms with van der Waals surface area (Å²) >= 11 is 0. The highest BCUT2D eigenvalue weighted by molar-refractivity contribution is 5.91. The van der Waals surface area contributed by atoms with Gasteiger partial charge < -0.3 is 19.1 Å².